The van der Waals surface area contributed by atoms with Gasteiger partial charge < -0.3 is 14.6 Å². The Bertz CT molecular complexity index is 388. The summed E-state index contributed by atoms with van der Waals surface area (Å²) in [7, 11) is 1.94. The molecule has 0 radical (unpaired) electrons. The second kappa shape index (κ2) is 7.09. The average molecular weight is 241 g/mol. The normalized spacial score (nSPS) is 11.0. The Kier molecular flexibility index (Phi) is 5.72. The SMILES string of the molecule is CN(CCCCCO)Cc1cc(=O)c(O)co1. The molecule has 1 heterocycles. The van der Waals surface area contributed by atoms with Crippen molar-refractivity contribution in [3.05, 3.63) is 28.3 Å². The Morgan fingerprint density at radius 3 is 2.76 bits per heavy atom. The number of unbranched alkanes of at least 4 members (excludes halogenated alkanes) is 2. The Balaban J connectivity index is 2.37. The van der Waals surface area contributed by atoms with Gasteiger partial charge in [-0.05, 0) is 32.9 Å². The van der Waals surface area contributed by atoms with E-state index in [9.17, 15) is 4.79 Å². The third-order valence-corrected chi connectivity index (χ3v) is 2.49. The summed E-state index contributed by atoms with van der Waals surface area (Å²) < 4.78 is 5.11. The van der Waals surface area contributed by atoms with Crippen LogP contribution in [0.4, 0.5) is 0 Å². The van der Waals surface area contributed by atoms with E-state index < -0.39 is 5.43 Å². The molecular formula is C12H19NO4. The maximum absolute atomic E-state index is 11.2. The van der Waals surface area contributed by atoms with Gasteiger partial charge in [-0.25, -0.2) is 0 Å². The summed E-state index contributed by atoms with van der Waals surface area (Å²) >= 11 is 0. The van der Waals surface area contributed by atoms with Crippen LogP contribution in [0.2, 0.25) is 0 Å². The van der Waals surface area contributed by atoms with Gasteiger partial charge in [0.15, 0.2) is 5.75 Å². The van der Waals surface area contributed by atoms with Gasteiger partial charge in [-0.2, -0.15) is 0 Å². The first-order chi connectivity index (χ1) is 8.13. The summed E-state index contributed by atoms with van der Waals surface area (Å²) in [5.41, 5.74) is -0.417. The number of aliphatic hydroxyl groups is 1. The highest BCUT2D eigenvalue weighted by Crippen LogP contribution is 2.06. The van der Waals surface area contributed by atoms with Gasteiger partial charge in [0, 0.05) is 12.7 Å². The summed E-state index contributed by atoms with van der Waals surface area (Å²) in [6.45, 7) is 1.65. The van der Waals surface area contributed by atoms with E-state index in [2.05, 4.69) is 0 Å². The molecule has 1 aromatic heterocycles. The molecule has 1 aromatic rings. The van der Waals surface area contributed by atoms with Crippen molar-refractivity contribution in [1.82, 2.24) is 4.90 Å². The smallest absolute Gasteiger partial charge is 0.226 e. The lowest BCUT2D eigenvalue weighted by atomic mass is 10.2. The van der Waals surface area contributed by atoms with Gasteiger partial charge >= 0.3 is 0 Å². The third-order valence-electron chi connectivity index (χ3n) is 2.49. The largest absolute Gasteiger partial charge is 0.502 e. The predicted octanol–water partition coefficient (Wildman–Crippen LogP) is 0.940. The monoisotopic (exact) mass is 241 g/mol. The standard InChI is InChI=1S/C12H19NO4/c1-13(5-3-2-4-6-14)8-10-7-11(15)12(16)9-17-10/h7,9,14,16H,2-6,8H2,1H3. The molecule has 1 rings (SSSR count). The summed E-state index contributed by atoms with van der Waals surface area (Å²) in [6.07, 6.45) is 3.87. The molecule has 0 aromatic carbocycles. The minimum absolute atomic E-state index is 0.233. The highest BCUT2D eigenvalue weighted by molar-refractivity contribution is 5.15. The molecule has 0 bridgehead atoms. The molecule has 0 saturated carbocycles. The van der Waals surface area contributed by atoms with Crippen molar-refractivity contribution in [3.8, 4) is 5.75 Å². The van der Waals surface area contributed by atoms with Gasteiger partial charge in [0.05, 0.1) is 6.54 Å². The minimum atomic E-state index is -0.417. The zero-order valence-corrected chi connectivity index (χ0v) is 10.1. The summed E-state index contributed by atoms with van der Waals surface area (Å²) in [6, 6.07) is 1.31. The molecular weight excluding hydrogens is 222 g/mol. The molecule has 0 unspecified atom stereocenters. The highest BCUT2D eigenvalue weighted by Gasteiger charge is 2.05. The molecule has 5 heteroatoms. The van der Waals surface area contributed by atoms with E-state index >= 15 is 0 Å². The molecule has 0 fully saturated rings. The molecule has 17 heavy (non-hydrogen) atoms. The first-order valence-electron chi connectivity index (χ1n) is 5.73. The molecule has 5 nitrogen and oxygen atoms in total. The first kappa shape index (κ1) is 13.7. The van der Waals surface area contributed by atoms with Crippen LogP contribution in [0.25, 0.3) is 0 Å². The Hall–Kier alpha value is -1.33. The summed E-state index contributed by atoms with van der Waals surface area (Å²) in [5.74, 6) is 0.178. The lowest BCUT2D eigenvalue weighted by molar-refractivity contribution is 0.261. The van der Waals surface area contributed by atoms with Crippen LogP contribution >= 0.6 is 0 Å². The second-order valence-corrected chi connectivity index (χ2v) is 4.12. The molecule has 0 aliphatic carbocycles. The summed E-state index contributed by atoms with van der Waals surface area (Å²) in [4.78, 5) is 13.2. The zero-order chi connectivity index (χ0) is 12.7. The van der Waals surface area contributed by atoms with Crippen LogP contribution in [-0.2, 0) is 6.54 Å². The number of nitrogens with zero attached hydrogens (tertiary/aromatic N) is 1. The molecule has 0 saturated heterocycles. The number of aliphatic hydroxyl groups excluding tert-OH is 1. The van der Waals surface area contributed by atoms with Crippen LogP contribution in [0.5, 0.6) is 5.75 Å². The van der Waals surface area contributed by atoms with Gasteiger partial charge in [0.25, 0.3) is 0 Å². The van der Waals surface area contributed by atoms with E-state index in [4.69, 9.17) is 14.6 Å². The van der Waals surface area contributed by atoms with Crippen LogP contribution < -0.4 is 5.43 Å². The van der Waals surface area contributed by atoms with Crippen LogP contribution in [0.1, 0.15) is 25.0 Å². The fourth-order valence-corrected chi connectivity index (χ4v) is 1.54. The van der Waals surface area contributed by atoms with E-state index in [1.54, 1.807) is 0 Å². The number of rotatable bonds is 7. The van der Waals surface area contributed by atoms with Crippen molar-refractivity contribution in [2.45, 2.75) is 25.8 Å². The molecule has 0 spiro atoms. The van der Waals surface area contributed by atoms with Gasteiger partial charge in [0.2, 0.25) is 5.43 Å². The zero-order valence-electron chi connectivity index (χ0n) is 10.1. The fourth-order valence-electron chi connectivity index (χ4n) is 1.54. The lowest BCUT2D eigenvalue weighted by Gasteiger charge is -2.15. The van der Waals surface area contributed by atoms with Gasteiger partial charge in [-0.15, -0.1) is 0 Å². The number of aromatic hydroxyl groups is 1. The molecule has 96 valence electrons. The van der Waals surface area contributed by atoms with Crippen molar-refractivity contribution in [2.75, 3.05) is 20.2 Å². The molecule has 2 N–H and O–H groups in total. The van der Waals surface area contributed by atoms with Crippen molar-refractivity contribution in [2.24, 2.45) is 0 Å². The molecule has 0 amide bonds. The van der Waals surface area contributed by atoms with Gasteiger partial charge in [-0.1, -0.05) is 0 Å². The number of hydrogen-bond donors (Lipinski definition) is 2. The van der Waals surface area contributed by atoms with E-state index in [-0.39, 0.29) is 12.4 Å². The Morgan fingerprint density at radius 2 is 2.12 bits per heavy atom. The first-order valence-corrected chi connectivity index (χ1v) is 5.73. The van der Waals surface area contributed by atoms with Crippen LogP contribution in [0, 0.1) is 0 Å². The van der Waals surface area contributed by atoms with E-state index in [1.165, 1.54) is 6.07 Å². The van der Waals surface area contributed by atoms with Crippen LogP contribution in [-0.4, -0.2) is 35.3 Å². The highest BCUT2D eigenvalue weighted by atomic mass is 16.4. The number of hydrogen-bond acceptors (Lipinski definition) is 5. The van der Waals surface area contributed by atoms with E-state index in [0.29, 0.717) is 12.3 Å². The van der Waals surface area contributed by atoms with Crippen molar-refractivity contribution >= 4 is 0 Å². The fraction of sp³-hybridized carbons (Fsp3) is 0.583. The third kappa shape index (κ3) is 5.01. The predicted molar refractivity (Wildman–Crippen MR) is 63.9 cm³/mol. The second-order valence-electron chi connectivity index (χ2n) is 4.12. The lowest BCUT2D eigenvalue weighted by Crippen LogP contribution is -2.19. The molecule has 0 atom stereocenters. The molecule has 0 aliphatic rings. The van der Waals surface area contributed by atoms with Crippen LogP contribution in [0.15, 0.2) is 21.5 Å². The average Bonchev–Trinajstić information content (AvgIpc) is 2.30. The molecule has 0 aliphatic heterocycles. The van der Waals surface area contributed by atoms with Gasteiger partial charge in [-0.3, -0.25) is 9.69 Å². The Morgan fingerprint density at radius 1 is 1.35 bits per heavy atom. The maximum Gasteiger partial charge on any atom is 0.226 e. The quantitative estimate of drug-likeness (QED) is 0.695. The topological polar surface area (TPSA) is 73.9 Å². The van der Waals surface area contributed by atoms with E-state index in [0.717, 1.165) is 32.1 Å². The minimum Gasteiger partial charge on any atom is -0.502 e. The van der Waals surface area contributed by atoms with Crippen molar-refractivity contribution in [1.29, 1.82) is 0 Å². The van der Waals surface area contributed by atoms with Crippen LogP contribution in [0.3, 0.4) is 0 Å². The summed E-state index contributed by atoms with van der Waals surface area (Å²) in [5, 5.41) is 17.7. The Labute approximate surface area is 100 Å². The van der Waals surface area contributed by atoms with E-state index in [1.807, 2.05) is 11.9 Å². The van der Waals surface area contributed by atoms with Crippen molar-refractivity contribution in [3.63, 3.8) is 0 Å². The van der Waals surface area contributed by atoms with Crippen molar-refractivity contribution < 1.29 is 14.6 Å². The maximum atomic E-state index is 11.2. The van der Waals surface area contributed by atoms with Gasteiger partial charge in [0.1, 0.15) is 12.0 Å².